The Morgan fingerprint density at radius 3 is 2.32 bits per heavy atom. The minimum atomic E-state index is -4.97. The molecule has 2 aromatic rings. The lowest BCUT2D eigenvalue weighted by Crippen LogP contribution is -2.42. The van der Waals surface area contributed by atoms with E-state index < -0.39 is 54.5 Å². The second-order valence-electron chi connectivity index (χ2n) is 7.64. The molecule has 1 unspecified atom stereocenters. The molecular weight excluding hydrogens is 526 g/mol. The largest absolute Gasteiger partial charge is 0.434 e. The number of aromatic nitrogens is 3. The smallest absolute Gasteiger partial charge is 0.351 e. The van der Waals surface area contributed by atoms with Crippen LogP contribution in [0.2, 0.25) is 0 Å². The first-order chi connectivity index (χ1) is 15.5. The summed E-state index contributed by atoms with van der Waals surface area (Å²) in [4.78, 5) is 10.5. The van der Waals surface area contributed by atoms with Crippen LogP contribution in [0.3, 0.4) is 0 Å². The molecular formula is C17H21F4N5O5S3. The number of nitrogens with one attached hydrogen (secondary N) is 1. The summed E-state index contributed by atoms with van der Waals surface area (Å²) in [7, 11) is -7.33. The highest BCUT2D eigenvalue weighted by atomic mass is 32.2. The van der Waals surface area contributed by atoms with Crippen molar-refractivity contribution in [2.45, 2.75) is 38.1 Å². The summed E-state index contributed by atoms with van der Waals surface area (Å²) >= 11 is 0.408. The summed E-state index contributed by atoms with van der Waals surface area (Å²) in [6, 6.07) is -0.279. The van der Waals surface area contributed by atoms with Crippen LogP contribution in [-0.4, -0.2) is 67.7 Å². The van der Waals surface area contributed by atoms with Crippen molar-refractivity contribution in [3.05, 3.63) is 22.7 Å². The Kier molecular flexibility index (Phi) is 7.52. The van der Waals surface area contributed by atoms with Crippen molar-refractivity contribution in [1.82, 2.24) is 19.3 Å². The molecule has 0 amide bonds. The number of anilines is 1. The maximum Gasteiger partial charge on any atom is 0.434 e. The van der Waals surface area contributed by atoms with E-state index in [1.807, 2.05) is 0 Å². The quantitative estimate of drug-likeness (QED) is 0.410. The van der Waals surface area contributed by atoms with Crippen LogP contribution >= 0.6 is 11.3 Å². The highest BCUT2D eigenvalue weighted by Crippen LogP contribution is 2.42. The summed E-state index contributed by atoms with van der Waals surface area (Å²) in [5.74, 6) is -1.27. The van der Waals surface area contributed by atoms with Crippen molar-refractivity contribution < 1.29 is 38.6 Å². The Morgan fingerprint density at radius 1 is 1.18 bits per heavy atom. The lowest BCUT2D eigenvalue weighted by molar-refractivity contribution is -0.140. The third-order valence-electron chi connectivity index (χ3n) is 4.79. The zero-order chi connectivity index (χ0) is 25.5. The van der Waals surface area contributed by atoms with Crippen molar-refractivity contribution in [2.75, 3.05) is 30.9 Å². The van der Waals surface area contributed by atoms with E-state index in [-0.39, 0.29) is 30.1 Å². The Morgan fingerprint density at radius 2 is 1.79 bits per heavy atom. The van der Waals surface area contributed by atoms with Crippen molar-refractivity contribution in [3.8, 4) is 10.6 Å². The molecule has 0 aliphatic carbocycles. The van der Waals surface area contributed by atoms with E-state index in [1.165, 1.54) is 11.2 Å². The number of sulfonamides is 1. The fourth-order valence-corrected chi connectivity index (χ4v) is 5.89. The standard InChI is InChI=1S/C17H21F4N5O5S3/c1-9(31-34(3,29)30)15-25-14(17(19,20)21)13(32-15)12-11(18)8-22-16(24-12)23-10-4-6-26(7-5-10)33(2,27)28/h8-10H,4-7H2,1-3H3,(H,22,23,24). The van der Waals surface area contributed by atoms with Crippen molar-refractivity contribution in [2.24, 2.45) is 0 Å². The van der Waals surface area contributed by atoms with Crippen LogP contribution in [0.4, 0.5) is 23.5 Å². The van der Waals surface area contributed by atoms with Gasteiger partial charge in [-0.2, -0.15) is 21.6 Å². The first-order valence-electron chi connectivity index (χ1n) is 9.75. The fraction of sp³-hybridized carbons (Fsp3) is 0.588. The minimum absolute atomic E-state index is 0.141. The molecule has 34 heavy (non-hydrogen) atoms. The highest BCUT2D eigenvalue weighted by Gasteiger charge is 2.40. The Hall–Kier alpha value is -1.95. The summed E-state index contributed by atoms with van der Waals surface area (Å²) in [6.07, 6.45) is -2.98. The van der Waals surface area contributed by atoms with Gasteiger partial charge in [-0.1, -0.05) is 0 Å². The summed E-state index contributed by atoms with van der Waals surface area (Å²) < 4.78 is 107. The van der Waals surface area contributed by atoms with E-state index >= 15 is 0 Å². The van der Waals surface area contributed by atoms with Crippen LogP contribution in [0.1, 0.15) is 36.6 Å². The Bertz CT molecular complexity index is 1260. The summed E-state index contributed by atoms with van der Waals surface area (Å²) in [6.45, 7) is 1.68. The van der Waals surface area contributed by atoms with E-state index in [0.717, 1.165) is 12.5 Å². The van der Waals surface area contributed by atoms with Gasteiger partial charge in [0.1, 0.15) is 16.8 Å². The van der Waals surface area contributed by atoms with Crippen molar-refractivity contribution >= 4 is 37.4 Å². The van der Waals surface area contributed by atoms with Crippen LogP contribution in [-0.2, 0) is 30.5 Å². The lowest BCUT2D eigenvalue weighted by Gasteiger charge is -2.30. The van der Waals surface area contributed by atoms with Gasteiger partial charge in [0.25, 0.3) is 10.1 Å². The molecule has 3 heterocycles. The molecule has 190 valence electrons. The van der Waals surface area contributed by atoms with Gasteiger partial charge in [-0.25, -0.2) is 32.1 Å². The van der Waals surface area contributed by atoms with Crippen LogP contribution < -0.4 is 5.32 Å². The molecule has 1 aliphatic rings. The van der Waals surface area contributed by atoms with Crippen molar-refractivity contribution in [1.29, 1.82) is 0 Å². The number of hydrogen-bond acceptors (Lipinski definition) is 10. The number of halogens is 4. The molecule has 1 saturated heterocycles. The maximum absolute atomic E-state index is 14.5. The van der Waals surface area contributed by atoms with E-state index in [1.54, 1.807) is 0 Å². The van der Waals surface area contributed by atoms with Crippen LogP contribution in [0.5, 0.6) is 0 Å². The third-order valence-corrected chi connectivity index (χ3v) is 7.96. The van der Waals surface area contributed by atoms with Gasteiger partial charge in [0.2, 0.25) is 16.0 Å². The van der Waals surface area contributed by atoms with Gasteiger partial charge in [-0.15, -0.1) is 11.3 Å². The van der Waals surface area contributed by atoms with E-state index in [0.29, 0.717) is 30.4 Å². The zero-order valence-corrected chi connectivity index (χ0v) is 20.6. The number of nitrogens with zero attached hydrogens (tertiary/aromatic N) is 4. The molecule has 1 fully saturated rings. The molecule has 1 atom stereocenters. The van der Waals surface area contributed by atoms with Gasteiger partial charge < -0.3 is 5.32 Å². The maximum atomic E-state index is 14.5. The minimum Gasteiger partial charge on any atom is -0.351 e. The summed E-state index contributed by atoms with van der Waals surface area (Å²) in [5.41, 5.74) is -2.09. The van der Waals surface area contributed by atoms with Gasteiger partial charge in [0.05, 0.1) is 23.6 Å². The Balaban J connectivity index is 1.90. The molecule has 0 saturated carbocycles. The number of hydrogen-bond donors (Lipinski definition) is 1. The molecule has 10 nitrogen and oxygen atoms in total. The number of rotatable bonds is 7. The first-order valence-corrected chi connectivity index (χ1v) is 14.2. The number of thiazole rings is 1. The van der Waals surface area contributed by atoms with Gasteiger partial charge in [-0.3, -0.25) is 4.18 Å². The van der Waals surface area contributed by atoms with Crippen LogP contribution in [0, 0.1) is 5.82 Å². The topological polar surface area (TPSA) is 131 Å². The normalized spacial score (nSPS) is 17.6. The molecule has 1 aliphatic heterocycles. The highest BCUT2D eigenvalue weighted by molar-refractivity contribution is 7.88. The molecule has 3 rings (SSSR count). The van der Waals surface area contributed by atoms with Gasteiger partial charge in [-0.05, 0) is 19.8 Å². The predicted molar refractivity (Wildman–Crippen MR) is 116 cm³/mol. The van der Waals surface area contributed by atoms with Gasteiger partial charge >= 0.3 is 6.18 Å². The average molecular weight is 548 g/mol. The molecule has 1 N–H and O–H groups in total. The number of alkyl halides is 3. The Labute approximate surface area is 197 Å². The molecule has 0 bridgehead atoms. The van der Waals surface area contributed by atoms with Gasteiger partial charge in [0.15, 0.2) is 11.5 Å². The van der Waals surface area contributed by atoms with Crippen molar-refractivity contribution in [3.63, 3.8) is 0 Å². The second kappa shape index (κ2) is 9.60. The zero-order valence-electron chi connectivity index (χ0n) is 18.1. The van der Waals surface area contributed by atoms with Crippen LogP contribution in [0.15, 0.2) is 6.20 Å². The lowest BCUT2D eigenvalue weighted by atomic mass is 10.1. The molecule has 0 spiro atoms. The number of piperidine rings is 1. The van der Waals surface area contributed by atoms with Crippen LogP contribution in [0.25, 0.3) is 10.6 Å². The second-order valence-corrected chi connectivity index (χ2v) is 12.3. The predicted octanol–water partition coefficient (Wildman–Crippen LogP) is 2.63. The SMILES string of the molecule is CC(OS(C)(=O)=O)c1nc(C(F)(F)F)c(-c2nc(NC3CCN(S(C)(=O)=O)CC3)ncc2F)s1. The van der Waals surface area contributed by atoms with E-state index in [9.17, 15) is 34.4 Å². The molecule has 0 aromatic carbocycles. The molecule has 2 aromatic heterocycles. The molecule has 0 radical (unpaired) electrons. The monoisotopic (exact) mass is 547 g/mol. The fourth-order valence-electron chi connectivity index (χ4n) is 3.28. The average Bonchev–Trinajstić information content (AvgIpc) is 3.14. The molecule has 17 heteroatoms. The third kappa shape index (κ3) is 6.59. The first kappa shape index (κ1) is 26.7. The van der Waals surface area contributed by atoms with E-state index in [2.05, 4.69) is 20.3 Å². The van der Waals surface area contributed by atoms with Gasteiger partial charge in [0, 0.05) is 19.1 Å². The summed E-state index contributed by atoms with van der Waals surface area (Å²) in [5, 5.41) is 2.57. The van der Waals surface area contributed by atoms with E-state index in [4.69, 9.17) is 4.18 Å².